The Morgan fingerprint density at radius 1 is 1.07 bits per heavy atom. The number of nitrogens with one attached hydrogen (secondary N) is 1. The van der Waals surface area contributed by atoms with Crippen LogP contribution in [0.25, 0.3) is 11.1 Å². The molecule has 0 radical (unpaired) electrons. The van der Waals surface area contributed by atoms with E-state index < -0.39 is 0 Å². The number of nitrogens with zero attached hydrogens (tertiary/aromatic N) is 7. The molecule has 0 unspecified atom stereocenters. The van der Waals surface area contributed by atoms with Crippen LogP contribution in [0.5, 0.6) is 11.6 Å². The molecule has 1 spiro atoms. The maximum Gasteiger partial charge on any atom is 0.282 e. The van der Waals surface area contributed by atoms with Crippen LogP contribution in [0, 0.1) is 29.0 Å². The molecule has 1 N–H and O–H groups in total. The lowest BCUT2D eigenvalue weighted by Gasteiger charge is -2.57. The zero-order chi connectivity index (χ0) is 30.7. The first-order chi connectivity index (χ1) is 21.9. The molecule has 2 saturated heterocycles. The van der Waals surface area contributed by atoms with E-state index >= 15 is 0 Å². The molecular formula is C34H41FN8O2. The van der Waals surface area contributed by atoms with Crippen LogP contribution < -0.4 is 15.0 Å². The van der Waals surface area contributed by atoms with Crippen molar-refractivity contribution in [2.45, 2.75) is 76.8 Å². The maximum atomic E-state index is 14.5. The zero-order valence-electron chi connectivity index (χ0n) is 26.0. The molecule has 45 heavy (non-hydrogen) atoms. The fourth-order valence-electron chi connectivity index (χ4n) is 8.06. The summed E-state index contributed by atoms with van der Waals surface area (Å²) in [5.74, 6) is 3.22. The normalized spacial score (nSPS) is 24.8. The Bertz CT molecular complexity index is 1580. The monoisotopic (exact) mass is 612 g/mol. The number of rotatable bonds is 10. The topological polar surface area (TPSA) is 109 Å². The number of anilines is 1. The third-order valence-electron chi connectivity index (χ3n) is 10.6. The largest absolute Gasteiger partial charge is 0.434 e. The summed E-state index contributed by atoms with van der Waals surface area (Å²) in [6, 6.07) is 5.40. The Balaban J connectivity index is 0.948. The Hall–Kier alpha value is -3.73. The van der Waals surface area contributed by atoms with Crippen LogP contribution in [0.4, 0.5) is 10.2 Å². The van der Waals surface area contributed by atoms with Gasteiger partial charge in [0.2, 0.25) is 5.91 Å². The molecule has 4 heterocycles. The first kappa shape index (κ1) is 28.7. The third kappa shape index (κ3) is 5.64. The molecule has 2 aliphatic heterocycles. The van der Waals surface area contributed by atoms with Crippen molar-refractivity contribution >= 4 is 11.7 Å². The summed E-state index contributed by atoms with van der Waals surface area (Å²) >= 11 is 0. The van der Waals surface area contributed by atoms with Crippen molar-refractivity contribution in [1.29, 1.82) is 0 Å². The lowest BCUT2D eigenvalue weighted by atomic mass is 9.68. The van der Waals surface area contributed by atoms with Crippen molar-refractivity contribution < 1.29 is 13.9 Å². The van der Waals surface area contributed by atoms with E-state index in [2.05, 4.69) is 54.1 Å². The molecule has 1 aromatic carbocycles. The van der Waals surface area contributed by atoms with Crippen molar-refractivity contribution in [1.82, 2.24) is 35.4 Å². The molecule has 1 amide bonds. The number of amides is 1. The van der Waals surface area contributed by atoms with Gasteiger partial charge in [0.25, 0.3) is 5.88 Å². The minimum atomic E-state index is -0.350. The van der Waals surface area contributed by atoms with Gasteiger partial charge >= 0.3 is 0 Å². The van der Waals surface area contributed by atoms with E-state index in [0.717, 1.165) is 82.4 Å². The van der Waals surface area contributed by atoms with Crippen molar-refractivity contribution in [3.63, 3.8) is 0 Å². The van der Waals surface area contributed by atoms with E-state index in [1.807, 2.05) is 0 Å². The van der Waals surface area contributed by atoms with E-state index in [4.69, 9.17) is 4.74 Å². The molecule has 8 rings (SSSR count). The lowest BCUT2D eigenvalue weighted by Crippen LogP contribution is -2.65. The minimum absolute atomic E-state index is 0.209. The van der Waals surface area contributed by atoms with Crippen LogP contribution in [0.2, 0.25) is 0 Å². The summed E-state index contributed by atoms with van der Waals surface area (Å²) in [7, 11) is 0. The fourth-order valence-corrected chi connectivity index (χ4v) is 8.06. The van der Waals surface area contributed by atoms with E-state index in [1.54, 1.807) is 18.6 Å². The predicted octanol–water partition coefficient (Wildman–Crippen LogP) is 4.98. The van der Waals surface area contributed by atoms with Gasteiger partial charge in [0.05, 0.1) is 5.69 Å². The average molecular weight is 613 g/mol. The van der Waals surface area contributed by atoms with E-state index in [-0.39, 0.29) is 23.1 Å². The fraction of sp³-hybridized carbons (Fsp3) is 0.588. The van der Waals surface area contributed by atoms with Crippen LogP contribution in [0.15, 0.2) is 37.1 Å². The standard InChI is InChI=1S/C34H41FN8O2/c1-20(2)30(23-11-25(12-23)40-32(44)22-5-6-22)43-16-34(17-43)9-10-42(15-34)31-33(41-39-19-38-31)45-28-8-7-24(35)13-26(28)27-14-36-18-37-29(27)21-3-4-21/h7-8,13-14,18-23,25,30H,3-6,9-12,15-17H2,1-2H3,(H,40,44)/t23?,25?,30-/m1/s1. The lowest BCUT2D eigenvalue weighted by molar-refractivity contribution is -0.124. The second kappa shape index (κ2) is 11.3. The third-order valence-corrected chi connectivity index (χ3v) is 10.6. The molecule has 5 aliphatic rings. The van der Waals surface area contributed by atoms with E-state index in [1.165, 1.54) is 18.5 Å². The van der Waals surface area contributed by atoms with Gasteiger partial charge in [-0.3, -0.25) is 9.69 Å². The van der Waals surface area contributed by atoms with Gasteiger partial charge in [0, 0.05) is 72.8 Å². The van der Waals surface area contributed by atoms with Crippen LogP contribution in [-0.2, 0) is 4.79 Å². The van der Waals surface area contributed by atoms with Crippen molar-refractivity contribution in [2.75, 3.05) is 31.1 Å². The number of halogens is 1. The quantitative estimate of drug-likeness (QED) is 0.339. The van der Waals surface area contributed by atoms with Crippen LogP contribution in [0.3, 0.4) is 0 Å². The molecular weight excluding hydrogens is 571 g/mol. The molecule has 3 saturated carbocycles. The molecule has 11 heteroatoms. The molecule has 3 aromatic rings. The molecule has 5 fully saturated rings. The highest BCUT2D eigenvalue weighted by Crippen LogP contribution is 2.48. The highest BCUT2D eigenvalue weighted by molar-refractivity contribution is 5.81. The summed E-state index contributed by atoms with van der Waals surface area (Å²) in [4.78, 5) is 30.6. The van der Waals surface area contributed by atoms with Gasteiger partial charge < -0.3 is 15.0 Å². The Morgan fingerprint density at radius 2 is 1.89 bits per heavy atom. The van der Waals surface area contributed by atoms with E-state index in [0.29, 0.717) is 52.8 Å². The summed E-state index contributed by atoms with van der Waals surface area (Å²) < 4.78 is 20.9. The molecule has 2 aromatic heterocycles. The van der Waals surface area contributed by atoms with Crippen LogP contribution >= 0.6 is 0 Å². The van der Waals surface area contributed by atoms with Crippen molar-refractivity contribution in [3.05, 3.63) is 48.6 Å². The number of aromatic nitrogens is 5. The summed E-state index contributed by atoms with van der Waals surface area (Å²) in [5, 5.41) is 11.7. The first-order valence-corrected chi connectivity index (χ1v) is 16.6. The summed E-state index contributed by atoms with van der Waals surface area (Å²) in [6.45, 7) is 8.54. The Kier molecular flexibility index (Phi) is 7.19. The zero-order valence-corrected chi connectivity index (χ0v) is 26.0. The second-order valence-corrected chi connectivity index (χ2v) is 14.4. The number of ether oxygens (including phenoxy) is 1. The molecule has 0 bridgehead atoms. The predicted molar refractivity (Wildman–Crippen MR) is 166 cm³/mol. The van der Waals surface area contributed by atoms with Gasteiger partial charge in [-0.05, 0) is 75.0 Å². The maximum absolute atomic E-state index is 14.5. The SMILES string of the molecule is CC(C)[C@H](C1CC(NC(=O)C2CC2)C1)N1CC2(CCN(c3ncnnc3Oc3ccc(F)cc3-c3cncnc3C3CC3)C2)C1. The Labute approximate surface area is 263 Å². The van der Waals surface area contributed by atoms with Crippen molar-refractivity contribution in [2.24, 2.45) is 23.2 Å². The second-order valence-electron chi connectivity index (χ2n) is 14.4. The highest BCUT2D eigenvalue weighted by Gasteiger charge is 2.53. The number of hydrogen-bond acceptors (Lipinski definition) is 9. The van der Waals surface area contributed by atoms with Crippen LogP contribution in [0.1, 0.15) is 70.4 Å². The smallest absolute Gasteiger partial charge is 0.282 e. The molecule has 10 nitrogen and oxygen atoms in total. The number of hydrogen-bond donors (Lipinski definition) is 1. The molecule has 1 atom stereocenters. The summed E-state index contributed by atoms with van der Waals surface area (Å²) in [5.41, 5.74) is 2.52. The Morgan fingerprint density at radius 3 is 2.64 bits per heavy atom. The minimum Gasteiger partial charge on any atom is -0.434 e. The summed E-state index contributed by atoms with van der Waals surface area (Å²) in [6.07, 6.45) is 12.3. The first-order valence-electron chi connectivity index (χ1n) is 16.6. The van der Waals surface area contributed by atoms with Gasteiger partial charge in [0.15, 0.2) is 5.82 Å². The van der Waals surface area contributed by atoms with Gasteiger partial charge in [-0.15, -0.1) is 10.2 Å². The molecule has 3 aliphatic carbocycles. The number of carbonyl (C=O) groups is 1. The van der Waals surface area contributed by atoms with Gasteiger partial charge in [0.1, 0.15) is 24.2 Å². The molecule has 236 valence electrons. The number of benzene rings is 1. The van der Waals surface area contributed by atoms with E-state index in [9.17, 15) is 9.18 Å². The van der Waals surface area contributed by atoms with Gasteiger partial charge in [-0.25, -0.2) is 19.3 Å². The highest BCUT2D eigenvalue weighted by atomic mass is 19.1. The number of carbonyl (C=O) groups excluding carboxylic acids is 1. The average Bonchev–Trinajstić information content (AvgIpc) is 3.94. The van der Waals surface area contributed by atoms with Gasteiger partial charge in [-0.1, -0.05) is 13.8 Å². The van der Waals surface area contributed by atoms with Crippen molar-refractivity contribution in [3.8, 4) is 22.8 Å². The van der Waals surface area contributed by atoms with Crippen LogP contribution in [-0.4, -0.2) is 74.2 Å². The number of likely N-dealkylation sites (tertiary alicyclic amines) is 1. The van der Waals surface area contributed by atoms with Gasteiger partial charge in [-0.2, -0.15) is 0 Å².